The summed E-state index contributed by atoms with van der Waals surface area (Å²) in [6, 6.07) is 6.83. The molecule has 0 fully saturated rings. The van der Waals surface area contributed by atoms with Gasteiger partial charge in [0.05, 0.1) is 0 Å². The van der Waals surface area contributed by atoms with Gasteiger partial charge in [0.2, 0.25) is 0 Å². The van der Waals surface area contributed by atoms with E-state index in [-0.39, 0.29) is 0 Å². The first kappa shape index (κ1) is 21.3. The maximum Gasteiger partial charge on any atom is 0.115 e. The standard InChI is InChI=1S/C6H5BrO.3C4H9.Sn/c7-5-1-3-6(8)4-2-5;3*1-3-4-2;/h1-4,8H;3*1,3-4H2,2H3;. The number of hydrogen-bond acceptors (Lipinski definition) is 1. The van der Waals surface area contributed by atoms with Crippen molar-refractivity contribution in [2.24, 2.45) is 0 Å². The average Bonchev–Trinajstić information content (AvgIpc) is 2.50. The van der Waals surface area contributed by atoms with Crippen LogP contribution in [0, 0.1) is 0 Å². The molecule has 1 aromatic rings. The van der Waals surface area contributed by atoms with Crippen LogP contribution in [0.15, 0.2) is 28.7 Å². The van der Waals surface area contributed by atoms with Gasteiger partial charge in [0.25, 0.3) is 0 Å². The zero-order chi connectivity index (χ0) is 15.9. The smallest absolute Gasteiger partial charge is 0.115 e. The van der Waals surface area contributed by atoms with Crippen LogP contribution in [-0.2, 0) is 0 Å². The first-order chi connectivity index (χ1) is 10.1. The Morgan fingerprint density at radius 1 is 0.810 bits per heavy atom. The van der Waals surface area contributed by atoms with E-state index in [9.17, 15) is 0 Å². The number of phenolic OH excluding ortho intramolecular Hbond substituents is 1. The number of hydrogen-bond donors (Lipinski definition) is 1. The van der Waals surface area contributed by atoms with Crippen molar-refractivity contribution in [3.05, 3.63) is 28.7 Å². The van der Waals surface area contributed by atoms with Crippen molar-refractivity contribution in [2.75, 3.05) is 0 Å². The normalized spacial score (nSPS) is 10.3. The molecule has 0 unspecified atom stereocenters. The van der Waals surface area contributed by atoms with Gasteiger partial charge in [-0.2, -0.15) is 0 Å². The fourth-order valence-electron chi connectivity index (χ4n) is 2.10. The van der Waals surface area contributed by atoms with Crippen molar-refractivity contribution in [2.45, 2.75) is 72.6 Å². The van der Waals surface area contributed by atoms with Crippen molar-refractivity contribution in [3.8, 4) is 5.75 Å². The first-order valence-corrected chi connectivity index (χ1v) is 15.3. The SMILES string of the molecule is CCC[CH2][Sn]([CH2]CCC)[CH2]CCC.Oc1ccc(Br)cc1. The Morgan fingerprint density at radius 3 is 1.48 bits per heavy atom. The molecule has 0 aliphatic carbocycles. The van der Waals surface area contributed by atoms with E-state index >= 15 is 0 Å². The molecule has 0 atom stereocenters. The average molecular weight is 463 g/mol. The molecule has 0 aliphatic heterocycles. The number of phenols is 1. The molecular weight excluding hydrogens is 431 g/mol. The van der Waals surface area contributed by atoms with Gasteiger partial charge < -0.3 is 5.11 Å². The molecule has 0 saturated heterocycles. The molecule has 0 spiro atoms. The molecular formula is C18H32BrOSn. The quantitative estimate of drug-likeness (QED) is 0.390. The second kappa shape index (κ2) is 15.2. The van der Waals surface area contributed by atoms with Crippen LogP contribution >= 0.6 is 15.9 Å². The minimum absolute atomic E-state index is 0.299. The van der Waals surface area contributed by atoms with Gasteiger partial charge in [-0.25, -0.2) is 0 Å². The van der Waals surface area contributed by atoms with Gasteiger partial charge in [0.15, 0.2) is 0 Å². The fraction of sp³-hybridized carbons (Fsp3) is 0.667. The van der Waals surface area contributed by atoms with Crippen LogP contribution in [0.25, 0.3) is 0 Å². The first-order valence-electron chi connectivity index (χ1n) is 8.42. The number of unbranched alkanes of at least 4 members (excludes halogenated alkanes) is 3. The minimum atomic E-state index is -0.839. The van der Waals surface area contributed by atoms with Crippen molar-refractivity contribution in [1.82, 2.24) is 0 Å². The van der Waals surface area contributed by atoms with E-state index in [1.54, 1.807) is 37.6 Å². The molecule has 0 aromatic heterocycles. The van der Waals surface area contributed by atoms with Gasteiger partial charge in [-0.15, -0.1) is 0 Å². The Balaban J connectivity index is 0.000000423. The van der Waals surface area contributed by atoms with Gasteiger partial charge in [0, 0.05) is 4.47 Å². The number of rotatable bonds is 9. The molecule has 121 valence electrons. The molecule has 21 heavy (non-hydrogen) atoms. The topological polar surface area (TPSA) is 20.2 Å². The molecule has 3 heteroatoms. The fourth-order valence-corrected chi connectivity index (χ4v) is 11.8. The summed E-state index contributed by atoms with van der Waals surface area (Å²) in [4.78, 5) is 0. The molecule has 0 heterocycles. The molecule has 0 amide bonds. The Hall–Kier alpha value is 0.299. The summed E-state index contributed by atoms with van der Waals surface area (Å²) in [7, 11) is 0. The number of halogens is 1. The van der Waals surface area contributed by atoms with Gasteiger partial charge in [-0.3, -0.25) is 0 Å². The van der Waals surface area contributed by atoms with Crippen molar-refractivity contribution < 1.29 is 5.11 Å². The number of benzene rings is 1. The molecule has 0 aliphatic rings. The van der Waals surface area contributed by atoms with Crippen LogP contribution in [0.1, 0.15) is 59.3 Å². The Kier molecular flexibility index (Phi) is 15.4. The van der Waals surface area contributed by atoms with Crippen LogP contribution in [0.4, 0.5) is 0 Å². The summed E-state index contributed by atoms with van der Waals surface area (Å²) in [5.74, 6) is 0.299. The van der Waals surface area contributed by atoms with E-state index in [4.69, 9.17) is 5.11 Å². The van der Waals surface area contributed by atoms with Gasteiger partial charge in [-0.1, -0.05) is 15.9 Å². The minimum Gasteiger partial charge on any atom is -0.508 e. The summed E-state index contributed by atoms with van der Waals surface area (Å²) in [6.07, 6.45) is 8.85. The van der Waals surface area contributed by atoms with E-state index in [1.165, 1.54) is 38.5 Å². The predicted octanol–water partition coefficient (Wildman–Crippen LogP) is 7.04. The predicted molar refractivity (Wildman–Crippen MR) is 101 cm³/mol. The second-order valence-electron chi connectivity index (χ2n) is 5.54. The Bertz CT molecular complexity index is 286. The van der Waals surface area contributed by atoms with Crippen LogP contribution < -0.4 is 0 Å². The summed E-state index contributed by atoms with van der Waals surface area (Å²) >= 11 is 2.40. The molecule has 1 nitrogen and oxygen atoms in total. The third-order valence-electron chi connectivity index (χ3n) is 3.48. The molecule has 1 aromatic carbocycles. The van der Waals surface area contributed by atoms with Crippen molar-refractivity contribution in [1.29, 1.82) is 0 Å². The maximum atomic E-state index is 8.74. The van der Waals surface area contributed by atoms with E-state index in [0.717, 1.165) is 4.47 Å². The molecule has 1 radical (unpaired) electrons. The summed E-state index contributed by atoms with van der Waals surface area (Å²) in [5.41, 5.74) is 0. The Labute approximate surface area is 147 Å². The van der Waals surface area contributed by atoms with E-state index in [2.05, 4.69) is 36.7 Å². The van der Waals surface area contributed by atoms with Crippen molar-refractivity contribution >= 4 is 35.7 Å². The molecule has 0 bridgehead atoms. The van der Waals surface area contributed by atoms with Gasteiger partial charge in [0.1, 0.15) is 5.75 Å². The molecule has 0 saturated carbocycles. The van der Waals surface area contributed by atoms with Gasteiger partial charge >= 0.3 is 92.4 Å². The second-order valence-corrected chi connectivity index (χ2v) is 15.0. The largest absolute Gasteiger partial charge is 0.508 e. The summed E-state index contributed by atoms with van der Waals surface area (Å²) < 4.78 is 6.02. The number of aromatic hydroxyl groups is 1. The Morgan fingerprint density at radius 2 is 1.19 bits per heavy atom. The zero-order valence-corrected chi connectivity index (χ0v) is 18.4. The monoisotopic (exact) mass is 463 g/mol. The van der Waals surface area contributed by atoms with E-state index in [0.29, 0.717) is 5.75 Å². The van der Waals surface area contributed by atoms with Gasteiger partial charge in [-0.05, 0) is 24.3 Å². The third-order valence-corrected chi connectivity index (χ3v) is 13.1. The zero-order valence-electron chi connectivity index (χ0n) is 14.0. The van der Waals surface area contributed by atoms with Crippen LogP contribution in [-0.4, -0.2) is 24.9 Å². The summed E-state index contributed by atoms with van der Waals surface area (Å²) in [5, 5.41) is 8.74. The third kappa shape index (κ3) is 13.7. The van der Waals surface area contributed by atoms with Crippen LogP contribution in [0.5, 0.6) is 5.75 Å². The molecule has 1 rings (SSSR count). The van der Waals surface area contributed by atoms with E-state index in [1.807, 2.05) is 0 Å². The maximum absolute atomic E-state index is 8.74. The molecule has 1 N–H and O–H groups in total. The van der Waals surface area contributed by atoms with Crippen molar-refractivity contribution in [3.63, 3.8) is 0 Å². The van der Waals surface area contributed by atoms with Crippen LogP contribution in [0.2, 0.25) is 13.3 Å². The van der Waals surface area contributed by atoms with Crippen LogP contribution in [0.3, 0.4) is 0 Å². The van der Waals surface area contributed by atoms with E-state index < -0.39 is 19.8 Å². The summed E-state index contributed by atoms with van der Waals surface area (Å²) in [6.45, 7) is 7.00.